The number of aliphatic hydroxyl groups is 2. The monoisotopic (exact) mass is 976 g/mol. The maximum Gasteiger partial charge on any atom is 0.305 e. The molecule has 6 heteroatoms. The Morgan fingerprint density at radius 1 is 0.348 bits per heavy atom. The van der Waals surface area contributed by atoms with Crippen LogP contribution in [0.3, 0.4) is 0 Å². The van der Waals surface area contributed by atoms with Crippen molar-refractivity contribution in [2.45, 2.75) is 379 Å². The van der Waals surface area contributed by atoms with Crippen LogP contribution >= 0.6 is 0 Å². The molecule has 0 heterocycles. The fourth-order valence-electron chi connectivity index (χ4n) is 10.3. The number of amides is 1. The molecule has 0 bridgehead atoms. The Morgan fingerprint density at radius 2 is 0.594 bits per heavy atom. The van der Waals surface area contributed by atoms with Crippen LogP contribution in [-0.4, -0.2) is 47.4 Å². The van der Waals surface area contributed by atoms with E-state index in [4.69, 9.17) is 4.74 Å². The smallest absolute Gasteiger partial charge is 0.305 e. The summed E-state index contributed by atoms with van der Waals surface area (Å²) in [6, 6.07) is -0.539. The molecular formula is C63H125NO5. The van der Waals surface area contributed by atoms with Gasteiger partial charge in [-0.05, 0) is 25.7 Å². The number of unbranched alkanes of at least 4 members (excludes halogenated alkanes) is 49. The molecule has 0 aromatic carbocycles. The first-order valence-corrected chi connectivity index (χ1v) is 31.8. The molecule has 69 heavy (non-hydrogen) atoms. The minimum atomic E-state index is -0.662. The normalized spacial score (nSPS) is 12.5. The van der Waals surface area contributed by atoms with Crippen LogP contribution in [0.4, 0.5) is 0 Å². The van der Waals surface area contributed by atoms with Crippen molar-refractivity contribution in [1.82, 2.24) is 5.32 Å². The molecule has 0 aliphatic heterocycles. The van der Waals surface area contributed by atoms with Gasteiger partial charge in [-0.25, -0.2) is 0 Å². The molecule has 0 spiro atoms. The Balaban J connectivity index is 3.35. The number of ether oxygens (including phenoxy) is 1. The maximum absolute atomic E-state index is 12.5. The van der Waals surface area contributed by atoms with Gasteiger partial charge >= 0.3 is 5.97 Å². The van der Waals surface area contributed by atoms with Gasteiger partial charge in [-0.3, -0.25) is 9.59 Å². The largest absolute Gasteiger partial charge is 0.466 e. The highest BCUT2D eigenvalue weighted by atomic mass is 16.5. The van der Waals surface area contributed by atoms with Gasteiger partial charge < -0.3 is 20.3 Å². The molecule has 0 rings (SSSR count). The lowest BCUT2D eigenvalue weighted by atomic mass is 10.0. The van der Waals surface area contributed by atoms with E-state index in [1.165, 1.54) is 295 Å². The number of hydrogen-bond acceptors (Lipinski definition) is 5. The van der Waals surface area contributed by atoms with Crippen molar-refractivity contribution in [2.75, 3.05) is 13.2 Å². The molecule has 6 nitrogen and oxygen atoms in total. The van der Waals surface area contributed by atoms with E-state index in [-0.39, 0.29) is 18.5 Å². The van der Waals surface area contributed by atoms with Gasteiger partial charge in [0.15, 0.2) is 0 Å². The van der Waals surface area contributed by atoms with Gasteiger partial charge in [-0.1, -0.05) is 328 Å². The summed E-state index contributed by atoms with van der Waals surface area (Å²) < 4.78 is 5.48. The lowest BCUT2D eigenvalue weighted by molar-refractivity contribution is -0.143. The molecule has 0 aromatic heterocycles. The summed E-state index contributed by atoms with van der Waals surface area (Å²) in [5.41, 5.74) is 0. The predicted molar refractivity (Wildman–Crippen MR) is 301 cm³/mol. The molecule has 2 atom stereocenters. The first kappa shape index (κ1) is 67.9. The first-order chi connectivity index (χ1) is 34.0. The Morgan fingerprint density at radius 3 is 0.884 bits per heavy atom. The molecule has 0 fully saturated rings. The van der Waals surface area contributed by atoms with Crippen LogP contribution in [0, 0.1) is 0 Å². The van der Waals surface area contributed by atoms with E-state index in [0.29, 0.717) is 25.9 Å². The molecular weight excluding hydrogens is 851 g/mol. The molecule has 1 amide bonds. The lowest BCUT2D eigenvalue weighted by Crippen LogP contribution is -2.45. The number of aliphatic hydroxyl groups excluding tert-OH is 2. The second-order valence-electron chi connectivity index (χ2n) is 22.1. The summed E-state index contributed by atoms with van der Waals surface area (Å²) in [6.07, 6.45) is 69.8. The molecule has 412 valence electrons. The van der Waals surface area contributed by atoms with Crippen LogP contribution in [0.25, 0.3) is 0 Å². The molecule has 3 N–H and O–H groups in total. The van der Waals surface area contributed by atoms with Gasteiger partial charge in [-0.2, -0.15) is 0 Å². The van der Waals surface area contributed by atoms with E-state index in [0.717, 1.165) is 38.5 Å². The van der Waals surface area contributed by atoms with Crippen molar-refractivity contribution >= 4 is 11.9 Å². The highest BCUT2D eigenvalue weighted by Gasteiger charge is 2.20. The minimum absolute atomic E-state index is 0.0171. The molecule has 0 aliphatic carbocycles. The number of hydrogen-bond donors (Lipinski definition) is 3. The Kier molecular flexibility index (Phi) is 58.4. The van der Waals surface area contributed by atoms with E-state index < -0.39 is 12.1 Å². The molecule has 0 saturated carbocycles. The number of rotatable bonds is 60. The highest BCUT2D eigenvalue weighted by Crippen LogP contribution is 2.19. The Labute approximate surface area is 432 Å². The third kappa shape index (κ3) is 56.0. The highest BCUT2D eigenvalue weighted by molar-refractivity contribution is 5.76. The zero-order chi connectivity index (χ0) is 50.0. The average molecular weight is 977 g/mol. The van der Waals surface area contributed by atoms with Crippen LogP contribution < -0.4 is 5.32 Å². The first-order valence-electron chi connectivity index (χ1n) is 31.8. The van der Waals surface area contributed by atoms with Crippen molar-refractivity contribution in [3.8, 4) is 0 Å². The minimum Gasteiger partial charge on any atom is -0.466 e. The van der Waals surface area contributed by atoms with E-state index in [1.54, 1.807) is 0 Å². The third-order valence-corrected chi connectivity index (χ3v) is 15.2. The summed E-state index contributed by atoms with van der Waals surface area (Å²) >= 11 is 0. The average Bonchev–Trinajstić information content (AvgIpc) is 3.35. The fourth-order valence-corrected chi connectivity index (χ4v) is 10.3. The zero-order valence-electron chi connectivity index (χ0n) is 47.1. The Hall–Kier alpha value is -1.14. The summed E-state index contributed by atoms with van der Waals surface area (Å²) in [4.78, 5) is 24.5. The van der Waals surface area contributed by atoms with Gasteiger partial charge in [0.25, 0.3) is 0 Å². The summed E-state index contributed by atoms with van der Waals surface area (Å²) in [5.74, 6) is -0.0131. The van der Waals surface area contributed by atoms with Crippen molar-refractivity contribution < 1.29 is 24.5 Å². The second-order valence-corrected chi connectivity index (χ2v) is 22.1. The van der Waals surface area contributed by atoms with E-state index in [2.05, 4.69) is 19.2 Å². The Bertz CT molecular complexity index is 990. The third-order valence-electron chi connectivity index (χ3n) is 15.2. The number of nitrogens with one attached hydrogen (secondary N) is 1. The summed E-state index contributed by atoms with van der Waals surface area (Å²) in [5, 5.41) is 23.3. The number of esters is 1. The number of carbonyl (C=O) groups is 2. The van der Waals surface area contributed by atoms with E-state index in [1.807, 2.05) is 0 Å². The zero-order valence-corrected chi connectivity index (χ0v) is 47.1. The van der Waals surface area contributed by atoms with Gasteiger partial charge in [0, 0.05) is 12.8 Å². The van der Waals surface area contributed by atoms with E-state index >= 15 is 0 Å². The molecule has 0 saturated heterocycles. The summed E-state index contributed by atoms with van der Waals surface area (Å²) in [6.45, 7) is 4.99. The second kappa shape index (κ2) is 59.4. The van der Waals surface area contributed by atoms with Crippen LogP contribution in [0.5, 0.6) is 0 Å². The fraction of sp³-hybridized carbons (Fsp3) is 0.968. The SMILES string of the molecule is CCCCCCCCCCCCCCCCCCC(O)C(CO)NC(=O)CCCCCCCCCCCCCCCCCCCCCCCCCCOC(=O)CCCCCCCCCCCCCC. The topological polar surface area (TPSA) is 95.9 Å². The van der Waals surface area contributed by atoms with E-state index in [9.17, 15) is 19.8 Å². The van der Waals surface area contributed by atoms with Crippen LogP contribution in [0.15, 0.2) is 0 Å². The maximum atomic E-state index is 12.5. The predicted octanol–water partition coefficient (Wildman–Crippen LogP) is 19.9. The molecule has 0 aromatic rings. The number of carbonyl (C=O) groups excluding carboxylic acids is 2. The standard InChI is InChI=1S/C63H125NO5/c1-3-5-7-9-11-13-15-17-18-29-32-35-39-43-47-51-55-61(66)60(59-65)64-62(67)56-52-48-44-40-36-33-30-27-25-23-21-19-20-22-24-26-28-31-34-38-42-46-50-54-58-69-63(68)57-53-49-45-41-37-16-14-12-10-8-6-4-2/h60-61,65-66H,3-59H2,1-2H3,(H,64,67). The molecule has 0 aliphatic rings. The van der Waals surface area contributed by atoms with Crippen molar-refractivity contribution in [2.24, 2.45) is 0 Å². The van der Waals surface area contributed by atoms with Crippen molar-refractivity contribution in [3.63, 3.8) is 0 Å². The quantitative estimate of drug-likeness (QED) is 0.0417. The lowest BCUT2D eigenvalue weighted by Gasteiger charge is -2.22. The molecule has 0 radical (unpaired) electrons. The van der Waals surface area contributed by atoms with Gasteiger partial charge in [0.2, 0.25) is 5.91 Å². The van der Waals surface area contributed by atoms with Crippen LogP contribution in [-0.2, 0) is 14.3 Å². The van der Waals surface area contributed by atoms with Gasteiger partial charge in [0.1, 0.15) is 0 Å². The van der Waals surface area contributed by atoms with Crippen molar-refractivity contribution in [3.05, 3.63) is 0 Å². The van der Waals surface area contributed by atoms with Gasteiger partial charge in [0.05, 0.1) is 25.4 Å². The van der Waals surface area contributed by atoms with Gasteiger partial charge in [-0.15, -0.1) is 0 Å². The van der Waals surface area contributed by atoms with Crippen LogP contribution in [0.1, 0.15) is 367 Å². The molecule has 2 unspecified atom stereocenters. The van der Waals surface area contributed by atoms with Crippen molar-refractivity contribution in [1.29, 1.82) is 0 Å². The van der Waals surface area contributed by atoms with Crippen LogP contribution in [0.2, 0.25) is 0 Å². The summed E-state index contributed by atoms with van der Waals surface area (Å²) in [7, 11) is 0.